The molecule has 0 radical (unpaired) electrons. The van der Waals surface area contributed by atoms with Gasteiger partial charge in [0.15, 0.2) is 11.6 Å². The molecule has 0 saturated heterocycles. The molecule has 1 aromatic carbocycles. The number of nitrogens with zero attached hydrogens (tertiary/aromatic N) is 2. The van der Waals surface area contributed by atoms with Gasteiger partial charge < -0.3 is 14.4 Å². The van der Waals surface area contributed by atoms with Gasteiger partial charge in [0.05, 0.1) is 16.6 Å². The third-order valence-corrected chi connectivity index (χ3v) is 2.80. The van der Waals surface area contributed by atoms with E-state index in [2.05, 4.69) is 4.98 Å². The minimum atomic E-state index is -1.10. The maximum atomic E-state index is 13.4. The van der Waals surface area contributed by atoms with E-state index < -0.39 is 29.7 Å². The van der Waals surface area contributed by atoms with Gasteiger partial charge in [-0.3, -0.25) is 4.79 Å². The lowest BCUT2D eigenvalue weighted by atomic mass is 10.2. The average molecular weight is 298 g/mol. The number of hydrogen-bond donors (Lipinski definition) is 1. The van der Waals surface area contributed by atoms with Crippen LogP contribution in [0.25, 0.3) is 11.0 Å². The second-order valence-corrected chi connectivity index (χ2v) is 5.66. The van der Waals surface area contributed by atoms with Gasteiger partial charge in [0.25, 0.3) is 0 Å². The first-order chi connectivity index (χ1) is 9.67. The molecule has 0 unspecified atom stereocenters. The Kier molecular flexibility index (Phi) is 3.95. The number of carboxylic acids is 1. The number of hydrogen-bond acceptors (Lipinski definition) is 3. The number of aromatic nitrogens is 2. The third-order valence-electron chi connectivity index (χ3n) is 2.80. The van der Waals surface area contributed by atoms with Crippen molar-refractivity contribution in [1.29, 1.82) is 0 Å². The minimum absolute atomic E-state index is 0.0503. The van der Waals surface area contributed by atoms with Crippen molar-refractivity contribution in [3.63, 3.8) is 0 Å². The number of halogens is 2. The number of carboxylic acid groups (broad SMARTS) is 1. The highest BCUT2D eigenvalue weighted by molar-refractivity contribution is 5.78. The maximum Gasteiger partial charge on any atom is 0.323 e. The summed E-state index contributed by atoms with van der Waals surface area (Å²) >= 11 is 0. The van der Waals surface area contributed by atoms with Gasteiger partial charge in [-0.2, -0.15) is 0 Å². The summed E-state index contributed by atoms with van der Waals surface area (Å²) in [6.45, 7) is 5.18. The molecule has 0 fully saturated rings. The minimum Gasteiger partial charge on any atom is -0.480 e. The van der Waals surface area contributed by atoms with Gasteiger partial charge in [-0.05, 0) is 20.8 Å². The Hall–Kier alpha value is -2.02. The van der Waals surface area contributed by atoms with Crippen LogP contribution >= 0.6 is 0 Å². The van der Waals surface area contributed by atoms with Gasteiger partial charge in [-0.1, -0.05) is 0 Å². The molecule has 21 heavy (non-hydrogen) atoms. The van der Waals surface area contributed by atoms with Gasteiger partial charge in [0.2, 0.25) is 0 Å². The van der Waals surface area contributed by atoms with E-state index in [0.717, 1.165) is 12.1 Å². The Morgan fingerprint density at radius 1 is 1.33 bits per heavy atom. The molecule has 0 aliphatic carbocycles. The Morgan fingerprint density at radius 2 is 1.95 bits per heavy atom. The molecule has 0 bridgehead atoms. The van der Waals surface area contributed by atoms with E-state index >= 15 is 0 Å². The van der Waals surface area contributed by atoms with E-state index in [4.69, 9.17) is 9.84 Å². The van der Waals surface area contributed by atoms with Crippen molar-refractivity contribution in [3.05, 3.63) is 29.6 Å². The van der Waals surface area contributed by atoms with Gasteiger partial charge in [0.1, 0.15) is 19.0 Å². The van der Waals surface area contributed by atoms with Crippen LogP contribution in [0.1, 0.15) is 26.6 Å². The van der Waals surface area contributed by atoms with Gasteiger partial charge in [-0.25, -0.2) is 13.8 Å². The molecule has 5 nitrogen and oxygen atoms in total. The van der Waals surface area contributed by atoms with E-state index in [9.17, 15) is 13.6 Å². The van der Waals surface area contributed by atoms with Gasteiger partial charge in [-0.15, -0.1) is 0 Å². The molecule has 7 heteroatoms. The second-order valence-electron chi connectivity index (χ2n) is 5.66. The van der Waals surface area contributed by atoms with Crippen molar-refractivity contribution in [2.24, 2.45) is 0 Å². The fourth-order valence-electron chi connectivity index (χ4n) is 1.87. The Morgan fingerprint density at radius 3 is 2.52 bits per heavy atom. The highest BCUT2D eigenvalue weighted by Gasteiger charge is 2.18. The molecule has 0 amide bonds. The summed E-state index contributed by atoms with van der Waals surface area (Å²) in [5, 5.41) is 8.96. The van der Waals surface area contributed by atoms with Crippen molar-refractivity contribution < 1.29 is 23.4 Å². The zero-order valence-corrected chi connectivity index (χ0v) is 12.0. The molecular formula is C14H16F2N2O3. The molecule has 0 spiro atoms. The first kappa shape index (κ1) is 15.4. The molecule has 114 valence electrons. The van der Waals surface area contributed by atoms with Crippen LogP contribution < -0.4 is 0 Å². The lowest BCUT2D eigenvalue weighted by Crippen LogP contribution is -2.21. The zero-order chi connectivity index (χ0) is 15.8. The van der Waals surface area contributed by atoms with E-state index in [-0.39, 0.29) is 17.6 Å². The molecule has 1 aromatic heterocycles. The Labute approximate surface area is 120 Å². The monoisotopic (exact) mass is 298 g/mol. The number of carbonyl (C=O) groups is 1. The SMILES string of the molecule is CC(C)(C)OCc1nc2cc(F)c(F)cc2n1CC(=O)O. The number of ether oxygens (including phenoxy) is 1. The summed E-state index contributed by atoms with van der Waals surface area (Å²) in [7, 11) is 0. The van der Waals surface area contributed by atoms with Crippen LogP contribution in [0.2, 0.25) is 0 Å². The molecule has 0 aliphatic rings. The summed E-state index contributed by atoms with van der Waals surface area (Å²) in [6, 6.07) is 1.89. The lowest BCUT2D eigenvalue weighted by molar-refractivity contribution is -0.137. The number of imidazole rings is 1. The summed E-state index contributed by atoms with van der Waals surface area (Å²) in [5.74, 6) is -2.86. The number of rotatable bonds is 4. The Balaban J connectivity index is 2.49. The predicted molar refractivity (Wildman–Crippen MR) is 71.8 cm³/mol. The Bertz CT molecular complexity index is 690. The summed E-state index contributed by atoms with van der Waals surface area (Å²) in [4.78, 5) is 15.1. The summed E-state index contributed by atoms with van der Waals surface area (Å²) in [6.07, 6.45) is 0. The van der Waals surface area contributed by atoms with Crippen molar-refractivity contribution in [3.8, 4) is 0 Å². The van der Waals surface area contributed by atoms with Crippen LogP contribution in [-0.2, 0) is 22.7 Å². The summed E-state index contributed by atoms with van der Waals surface area (Å²) in [5.41, 5.74) is -0.0191. The molecule has 2 aromatic rings. The highest BCUT2D eigenvalue weighted by atomic mass is 19.2. The topological polar surface area (TPSA) is 64.4 Å². The third kappa shape index (κ3) is 3.55. The largest absolute Gasteiger partial charge is 0.480 e. The quantitative estimate of drug-likeness (QED) is 0.942. The van der Waals surface area contributed by atoms with E-state index in [1.807, 2.05) is 20.8 Å². The molecule has 0 aliphatic heterocycles. The molecule has 0 atom stereocenters. The fourth-order valence-corrected chi connectivity index (χ4v) is 1.87. The zero-order valence-electron chi connectivity index (χ0n) is 12.0. The lowest BCUT2D eigenvalue weighted by Gasteiger charge is -2.19. The predicted octanol–water partition coefficient (Wildman–Crippen LogP) is 2.71. The number of aliphatic carboxylic acids is 1. The molecular weight excluding hydrogens is 282 g/mol. The smallest absolute Gasteiger partial charge is 0.323 e. The van der Waals surface area contributed by atoms with E-state index in [0.29, 0.717) is 5.82 Å². The van der Waals surface area contributed by atoms with Crippen LogP contribution in [0.3, 0.4) is 0 Å². The van der Waals surface area contributed by atoms with Crippen LogP contribution in [0.5, 0.6) is 0 Å². The number of fused-ring (bicyclic) bond motifs is 1. The van der Waals surface area contributed by atoms with E-state index in [1.165, 1.54) is 4.57 Å². The van der Waals surface area contributed by atoms with Gasteiger partial charge >= 0.3 is 5.97 Å². The van der Waals surface area contributed by atoms with E-state index in [1.54, 1.807) is 0 Å². The van der Waals surface area contributed by atoms with Crippen molar-refractivity contribution in [1.82, 2.24) is 9.55 Å². The first-order valence-corrected chi connectivity index (χ1v) is 6.37. The standard InChI is InChI=1S/C14H16F2N2O3/c1-14(2,3)21-7-12-17-10-4-8(15)9(16)5-11(10)18(12)6-13(19)20/h4-5H,6-7H2,1-3H3,(H,19,20). The highest BCUT2D eigenvalue weighted by Crippen LogP contribution is 2.21. The summed E-state index contributed by atoms with van der Waals surface area (Å²) < 4.78 is 33.5. The normalized spacial score (nSPS) is 12.0. The van der Waals surface area contributed by atoms with Crippen LogP contribution in [0, 0.1) is 11.6 Å². The molecule has 1 N–H and O–H groups in total. The average Bonchev–Trinajstić information content (AvgIpc) is 2.64. The van der Waals surface area contributed by atoms with Crippen LogP contribution in [-0.4, -0.2) is 26.2 Å². The number of benzene rings is 1. The van der Waals surface area contributed by atoms with Crippen LogP contribution in [0.4, 0.5) is 8.78 Å². The van der Waals surface area contributed by atoms with Gasteiger partial charge in [0, 0.05) is 12.1 Å². The molecule has 0 saturated carbocycles. The first-order valence-electron chi connectivity index (χ1n) is 6.37. The molecule has 1 heterocycles. The van der Waals surface area contributed by atoms with Crippen molar-refractivity contribution in [2.75, 3.05) is 0 Å². The van der Waals surface area contributed by atoms with Crippen molar-refractivity contribution in [2.45, 2.75) is 39.5 Å². The fraction of sp³-hybridized carbons (Fsp3) is 0.429. The second kappa shape index (κ2) is 5.40. The van der Waals surface area contributed by atoms with Crippen molar-refractivity contribution >= 4 is 17.0 Å². The molecule has 2 rings (SSSR count). The van der Waals surface area contributed by atoms with Crippen LogP contribution in [0.15, 0.2) is 12.1 Å². The maximum absolute atomic E-state index is 13.4.